The van der Waals surface area contributed by atoms with E-state index in [2.05, 4.69) is 21.3 Å². The Labute approximate surface area is 177 Å². The standard InChI is InChI=1S/C23H30N4O3/c1-5-21(28)27-20-13-19(7-6-16(20)4)26-23(30)14-24-17-8-10-18(11-9-17)25-22(29)12-15(2)3/h6-11,13,15,24H,5,12,14H2,1-4H3,(H,25,29)(H,26,30)(H,27,28). The summed E-state index contributed by atoms with van der Waals surface area (Å²) in [7, 11) is 0. The van der Waals surface area contributed by atoms with Gasteiger partial charge in [0.1, 0.15) is 0 Å². The third-order valence-electron chi connectivity index (χ3n) is 4.33. The van der Waals surface area contributed by atoms with Crippen LogP contribution in [0.4, 0.5) is 22.7 Å². The monoisotopic (exact) mass is 410 g/mol. The molecule has 0 aliphatic rings. The molecule has 30 heavy (non-hydrogen) atoms. The molecule has 2 aromatic rings. The van der Waals surface area contributed by atoms with E-state index >= 15 is 0 Å². The van der Waals surface area contributed by atoms with Crippen molar-refractivity contribution in [3.05, 3.63) is 48.0 Å². The van der Waals surface area contributed by atoms with Crippen LogP contribution in [-0.2, 0) is 14.4 Å². The lowest BCUT2D eigenvalue weighted by molar-refractivity contribution is -0.117. The highest BCUT2D eigenvalue weighted by molar-refractivity contribution is 5.96. The summed E-state index contributed by atoms with van der Waals surface area (Å²) in [5.41, 5.74) is 3.71. The van der Waals surface area contributed by atoms with Crippen LogP contribution in [0.5, 0.6) is 0 Å². The number of carbonyl (C=O) groups is 3. The topological polar surface area (TPSA) is 99.3 Å². The summed E-state index contributed by atoms with van der Waals surface area (Å²) in [5, 5.41) is 11.5. The van der Waals surface area contributed by atoms with Crippen LogP contribution in [0.1, 0.15) is 39.2 Å². The van der Waals surface area contributed by atoms with Crippen molar-refractivity contribution >= 4 is 40.5 Å². The van der Waals surface area contributed by atoms with Crippen LogP contribution in [-0.4, -0.2) is 24.3 Å². The first-order chi connectivity index (χ1) is 14.3. The van der Waals surface area contributed by atoms with Gasteiger partial charge in [0.25, 0.3) is 0 Å². The molecule has 3 amide bonds. The normalized spacial score (nSPS) is 10.4. The lowest BCUT2D eigenvalue weighted by Crippen LogP contribution is -2.22. The molecule has 0 aliphatic carbocycles. The van der Waals surface area contributed by atoms with Gasteiger partial charge in [-0.25, -0.2) is 0 Å². The highest BCUT2D eigenvalue weighted by atomic mass is 16.2. The van der Waals surface area contributed by atoms with Crippen molar-refractivity contribution in [2.24, 2.45) is 5.92 Å². The van der Waals surface area contributed by atoms with Crippen LogP contribution in [0.25, 0.3) is 0 Å². The summed E-state index contributed by atoms with van der Waals surface area (Å²) < 4.78 is 0. The van der Waals surface area contributed by atoms with Crippen LogP contribution < -0.4 is 21.3 Å². The maximum absolute atomic E-state index is 12.3. The van der Waals surface area contributed by atoms with Crippen LogP contribution >= 0.6 is 0 Å². The average Bonchev–Trinajstić information content (AvgIpc) is 2.69. The zero-order valence-corrected chi connectivity index (χ0v) is 18.0. The van der Waals surface area contributed by atoms with Gasteiger partial charge in [-0.05, 0) is 54.8 Å². The van der Waals surface area contributed by atoms with Crippen molar-refractivity contribution in [1.29, 1.82) is 0 Å². The maximum atomic E-state index is 12.3. The molecule has 0 aliphatic heterocycles. The van der Waals surface area contributed by atoms with Crippen molar-refractivity contribution < 1.29 is 14.4 Å². The lowest BCUT2D eigenvalue weighted by Gasteiger charge is -2.12. The fourth-order valence-electron chi connectivity index (χ4n) is 2.71. The van der Waals surface area contributed by atoms with Gasteiger partial charge in [0.05, 0.1) is 6.54 Å². The first-order valence-electron chi connectivity index (χ1n) is 10.1. The van der Waals surface area contributed by atoms with E-state index in [0.29, 0.717) is 30.1 Å². The number of amides is 3. The molecule has 0 radical (unpaired) electrons. The number of benzene rings is 2. The first kappa shape index (κ1) is 22.9. The van der Waals surface area contributed by atoms with Crippen molar-refractivity contribution in [2.75, 3.05) is 27.8 Å². The molecule has 7 heteroatoms. The first-order valence-corrected chi connectivity index (χ1v) is 10.1. The summed E-state index contributed by atoms with van der Waals surface area (Å²) in [5.74, 6) is 0.00248. The van der Waals surface area contributed by atoms with Crippen LogP contribution in [0.15, 0.2) is 42.5 Å². The summed E-state index contributed by atoms with van der Waals surface area (Å²) >= 11 is 0. The van der Waals surface area contributed by atoms with Gasteiger partial charge < -0.3 is 21.3 Å². The molecular weight excluding hydrogens is 380 g/mol. The summed E-state index contributed by atoms with van der Waals surface area (Å²) in [6, 6.07) is 12.6. The predicted molar refractivity (Wildman–Crippen MR) is 122 cm³/mol. The van der Waals surface area contributed by atoms with Gasteiger partial charge in [0.15, 0.2) is 0 Å². The smallest absolute Gasteiger partial charge is 0.243 e. The molecule has 0 saturated heterocycles. The van der Waals surface area contributed by atoms with E-state index in [4.69, 9.17) is 0 Å². The second-order valence-electron chi connectivity index (χ2n) is 7.56. The zero-order valence-electron chi connectivity index (χ0n) is 18.0. The fourth-order valence-corrected chi connectivity index (χ4v) is 2.71. The number of anilines is 4. The minimum atomic E-state index is -0.207. The van der Waals surface area contributed by atoms with E-state index in [1.807, 2.05) is 39.0 Å². The highest BCUT2D eigenvalue weighted by Gasteiger charge is 2.08. The molecule has 2 aromatic carbocycles. The average molecular weight is 411 g/mol. The second kappa shape index (κ2) is 11.0. The molecule has 7 nitrogen and oxygen atoms in total. The van der Waals surface area contributed by atoms with Gasteiger partial charge in [-0.3, -0.25) is 14.4 Å². The van der Waals surface area contributed by atoms with E-state index in [1.165, 1.54) is 0 Å². The van der Waals surface area contributed by atoms with Gasteiger partial charge in [-0.2, -0.15) is 0 Å². The van der Waals surface area contributed by atoms with E-state index in [9.17, 15) is 14.4 Å². The number of rotatable bonds is 9. The summed E-state index contributed by atoms with van der Waals surface area (Å²) in [4.78, 5) is 35.7. The Morgan fingerprint density at radius 3 is 2.03 bits per heavy atom. The second-order valence-corrected chi connectivity index (χ2v) is 7.56. The predicted octanol–water partition coefficient (Wildman–Crippen LogP) is 4.38. The Balaban J connectivity index is 1.86. The minimum Gasteiger partial charge on any atom is -0.376 e. The Morgan fingerprint density at radius 1 is 0.800 bits per heavy atom. The van der Waals surface area contributed by atoms with Crippen LogP contribution in [0.2, 0.25) is 0 Å². The van der Waals surface area contributed by atoms with Crippen LogP contribution in [0.3, 0.4) is 0 Å². The molecule has 160 valence electrons. The third kappa shape index (κ3) is 7.58. The molecule has 0 aromatic heterocycles. The van der Waals surface area contributed by atoms with Crippen molar-refractivity contribution in [3.8, 4) is 0 Å². The Morgan fingerprint density at radius 2 is 1.40 bits per heavy atom. The summed E-state index contributed by atoms with van der Waals surface area (Å²) in [6.07, 6.45) is 0.864. The molecule has 0 heterocycles. The largest absolute Gasteiger partial charge is 0.376 e. The van der Waals surface area contributed by atoms with E-state index in [0.717, 1.165) is 16.9 Å². The maximum Gasteiger partial charge on any atom is 0.243 e. The number of hydrogen-bond acceptors (Lipinski definition) is 4. The van der Waals surface area contributed by atoms with Crippen molar-refractivity contribution in [1.82, 2.24) is 0 Å². The minimum absolute atomic E-state index is 0.0160. The Hall–Kier alpha value is -3.35. The number of carbonyl (C=O) groups excluding carboxylic acids is 3. The van der Waals surface area contributed by atoms with Gasteiger partial charge in [-0.15, -0.1) is 0 Å². The fraction of sp³-hybridized carbons (Fsp3) is 0.348. The van der Waals surface area contributed by atoms with Gasteiger partial charge in [0, 0.05) is 35.6 Å². The highest BCUT2D eigenvalue weighted by Crippen LogP contribution is 2.21. The molecular formula is C23H30N4O3. The number of aryl methyl sites for hydroxylation is 1. The third-order valence-corrected chi connectivity index (χ3v) is 4.33. The molecule has 0 fully saturated rings. The van der Waals surface area contributed by atoms with Crippen molar-refractivity contribution in [2.45, 2.75) is 40.5 Å². The molecule has 0 unspecified atom stereocenters. The van der Waals surface area contributed by atoms with E-state index in [-0.39, 0.29) is 24.3 Å². The molecule has 0 atom stereocenters. The molecule has 0 spiro atoms. The van der Waals surface area contributed by atoms with Crippen molar-refractivity contribution in [3.63, 3.8) is 0 Å². The molecule has 0 bridgehead atoms. The SMILES string of the molecule is CCC(=O)Nc1cc(NC(=O)CNc2ccc(NC(=O)CC(C)C)cc2)ccc1C. The van der Waals surface area contributed by atoms with E-state index in [1.54, 1.807) is 31.2 Å². The summed E-state index contributed by atoms with van der Waals surface area (Å²) in [6.45, 7) is 7.76. The van der Waals surface area contributed by atoms with Gasteiger partial charge >= 0.3 is 0 Å². The molecule has 2 rings (SSSR count). The zero-order chi connectivity index (χ0) is 22.1. The molecule has 0 saturated carbocycles. The van der Waals surface area contributed by atoms with Gasteiger partial charge in [0.2, 0.25) is 17.7 Å². The quantitative estimate of drug-likeness (QED) is 0.493. The molecule has 4 N–H and O–H groups in total. The van der Waals surface area contributed by atoms with Gasteiger partial charge in [-0.1, -0.05) is 26.8 Å². The Bertz CT molecular complexity index is 892. The van der Waals surface area contributed by atoms with Crippen LogP contribution in [0, 0.1) is 12.8 Å². The number of hydrogen-bond donors (Lipinski definition) is 4. The Kier molecular flexibility index (Phi) is 8.41. The number of nitrogens with one attached hydrogen (secondary N) is 4. The van der Waals surface area contributed by atoms with E-state index < -0.39 is 0 Å². The lowest BCUT2D eigenvalue weighted by atomic mass is 10.1.